The lowest BCUT2D eigenvalue weighted by atomic mass is 9.83. The molecule has 0 unspecified atom stereocenters. The van der Waals surface area contributed by atoms with Crippen molar-refractivity contribution < 1.29 is 4.74 Å². The number of rotatable bonds is 1. The molecule has 18 heavy (non-hydrogen) atoms. The molecular formula is C14H24N2OS. The summed E-state index contributed by atoms with van der Waals surface area (Å²) in [6.07, 6.45) is 8.91. The molecule has 3 aliphatic rings. The van der Waals surface area contributed by atoms with Crippen molar-refractivity contribution in [2.75, 3.05) is 19.0 Å². The summed E-state index contributed by atoms with van der Waals surface area (Å²) in [4.78, 5) is 5.01. The quantitative estimate of drug-likeness (QED) is 0.794. The molecule has 102 valence electrons. The lowest BCUT2D eigenvalue weighted by Crippen LogP contribution is -2.46. The van der Waals surface area contributed by atoms with Crippen LogP contribution in [0.25, 0.3) is 0 Å². The molecule has 1 saturated carbocycles. The van der Waals surface area contributed by atoms with Crippen LogP contribution in [0.2, 0.25) is 0 Å². The number of ether oxygens (including phenoxy) is 1. The Bertz CT molecular complexity index is 331. The molecule has 3 rings (SSSR count). The van der Waals surface area contributed by atoms with Gasteiger partial charge in [-0.15, -0.1) is 0 Å². The fraction of sp³-hybridized carbons (Fsp3) is 0.929. The molecule has 4 heteroatoms. The van der Waals surface area contributed by atoms with Gasteiger partial charge in [-0.1, -0.05) is 31.0 Å². The fourth-order valence-corrected chi connectivity index (χ4v) is 4.60. The lowest BCUT2D eigenvalue weighted by Gasteiger charge is -2.35. The molecule has 1 saturated heterocycles. The Balaban J connectivity index is 1.64. The van der Waals surface area contributed by atoms with Gasteiger partial charge in [-0.05, 0) is 32.6 Å². The minimum absolute atomic E-state index is 0.191. The Kier molecular flexibility index (Phi) is 3.59. The molecule has 2 heterocycles. The van der Waals surface area contributed by atoms with E-state index in [0.717, 1.165) is 31.8 Å². The minimum atomic E-state index is 0.191. The molecule has 2 aliphatic heterocycles. The summed E-state index contributed by atoms with van der Waals surface area (Å²) < 4.78 is 5.46. The van der Waals surface area contributed by atoms with E-state index in [1.165, 1.54) is 37.3 Å². The van der Waals surface area contributed by atoms with Gasteiger partial charge in [0.2, 0.25) is 0 Å². The molecule has 2 fully saturated rings. The van der Waals surface area contributed by atoms with Gasteiger partial charge in [-0.25, -0.2) is 0 Å². The maximum absolute atomic E-state index is 5.46. The van der Waals surface area contributed by atoms with Crippen molar-refractivity contribution in [2.24, 2.45) is 4.99 Å². The number of hydrogen-bond acceptors (Lipinski definition) is 4. The summed E-state index contributed by atoms with van der Waals surface area (Å²) in [6.45, 7) is 4.13. The van der Waals surface area contributed by atoms with Crippen LogP contribution < -0.4 is 5.32 Å². The highest BCUT2D eigenvalue weighted by Crippen LogP contribution is 2.37. The zero-order valence-corrected chi connectivity index (χ0v) is 12.2. The molecule has 0 aromatic rings. The largest absolute Gasteiger partial charge is 0.381 e. The first-order chi connectivity index (χ1) is 8.70. The van der Waals surface area contributed by atoms with Crippen LogP contribution in [0.1, 0.15) is 51.9 Å². The first kappa shape index (κ1) is 12.8. The zero-order chi connectivity index (χ0) is 12.5. The molecule has 0 atom stereocenters. The monoisotopic (exact) mass is 268 g/mol. The zero-order valence-electron chi connectivity index (χ0n) is 11.3. The van der Waals surface area contributed by atoms with E-state index in [4.69, 9.17) is 9.73 Å². The Labute approximate surface area is 114 Å². The summed E-state index contributed by atoms with van der Waals surface area (Å²) in [6, 6.07) is 0. The van der Waals surface area contributed by atoms with Gasteiger partial charge in [0.15, 0.2) is 5.17 Å². The first-order valence-electron chi connectivity index (χ1n) is 7.29. The van der Waals surface area contributed by atoms with Crippen LogP contribution in [0.5, 0.6) is 0 Å². The second-order valence-corrected chi connectivity index (χ2v) is 7.25. The summed E-state index contributed by atoms with van der Waals surface area (Å²) in [7, 11) is 0. The van der Waals surface area contributed by atoms with E-state index in [1.54, 1.807) is 0 Å². The number of aliphatic imine (C=N–C) groups is 1. The maximum Gasteiger partial charge on any atom is 0.157 e. The Morgan fingerprint density at radius 2 is 1.83 bits per heavy atom. The van der Waals surface area contributed by atoms with Crippen molar-refractivity contribution in [3.63, 3.8) is 0 Å². The average molecular weight is 268 g/mol. The summed E-state index contributed by atoms with van der Waals surface area (Å²) in [5.41, 5.74) is 0.483. The van der Waals surface area contributed by atoms with Crippen molar-refractivity contribution in [3.8, 4) is 0 Å². The van der Waals surface area contributed by atoms with Gasteiger partial charge in [0.1, 0.15) is 0 Å². The van der Waals surface area contributed by atoms with Crippen molar-refractivity contribution in [3.05, 3.63) is 0 Å². The number of thioether (sulfide) groups is 1. The summed E-state index contributed by atoms with van der Waals surface area (Å²) in [5, 5.41) is 4.93. The number of nitrogens with one attached hydrogen (secondary N) is 1. The van der Waals surface area contributed by atoms with Gasteiger partial charge >= 0.3 is 0 Å². The molecule has 0 aromatic heterocycles. The van der Waals surface area contributed by atoms with Crippen LogP contribution in [0.15, 0.2) is 4.99 Å². The van der Waals surface area contributed by atoms with E-state index >= 15 is 0 Å². The summed E-state index contributed by atoms with van der Waals surface area (Å²) in [5.74, 6) is 1.15. The topological polar surface area (TPSA) is 33.6 Å². The predicted octanol–water partition coefficient (Wildman–Crippen LogP) is 2.95. The van der Waals surface area contributed by atoms with Gasteiger partial charge in [0.05, 0.1) is 5.54 Å². The van der Waals surface area contributed by atoms with Gasteiger partial charge in [0.25, 0.3) is 0 Å². The van der Waals surface area contributed by atoms with Crippen LogP contribution in [0, 0.1) is 0 Å². The van der Waals surface area contributed by atoms with E-state index < -0.39 is 0 Å². The molecule has 0 radical (unpaired) electrons. The number of nitrogens with zero attached hydrogens (tertiary/aromatic N) is 1. The van der Waals surface area contributed by atoms with E-state index in [0.29, 0.717) is 5.54 Å². The maximum atomic E-state index is 5.46. The third-order valence-corrected chi connectivity index (χ3v) is 5.75. The van der Waals surface area contributed by atoms with Crippen LogP contribution >= 0.6 is 11.8 Å². The first-order valence-corrected chi connectivity index (χ1v) is 8.27. The standard InChI is InChI=1S/C14H24N2OS/c1-13(5-3-2-4-6-13)15-12-16-14(11-18-12)7-9-17-10-8-14/h2-11H2,1H3,(H,15,16). The highest BCUT2D eigenvalue weighted by atomic mass is 32.2. The second kappa shape index (κ2) is 5.04. The highest BCUT2D eigenvalue weighted by molar-refractivity contribution is 8.14. The van der Waals surface area contributed by atoms with E-state index in [1.807, 2.05) is 11.8 Å². The van der Waals surface area contributed by atoms with E-state index in [-0.39, 0.29) is 5.54 Å². The van der Waals surface area contributed by atoms with E-state index in [9.17, 15) is 0 Å². The molecule has 1 aliphatic carbocycles. The third-order valence-electron chi connectivity index (χ3n) is 4.61. The second-order valence-electron chi connectivity index (χ2n) is 6.29. The molecule has 1 spiro atoms. The molecule has 0 bridgehead atoms. The Hall–Kier alpha value is -0.220. The van der Waals surface area contributed by atoms with Gasteiger partial charge in [-0.3, -0.25) is 4.99 Å². The molecule has 0 amide bonds. The van der Waals surface area contributed by atoms with Gasteiger partial charge in [0, 0.05) is 24.5 Å². The fourth-order valence-electron chi connectivity index (χ4n) is 3.27. The number of hydrogen-bond donors (Lipinski definition) is 1. The van der Waals surface area contributed by atoms with Gasteiger partial charge in [-0.2, -0.15) is 0 Å². The van der Waals surface area contributed by atoms with Crippen LogP contribution in [0.4, 0.5) is 0 Å². The Morgan fingerprint density at radius 1 is 1.11 bits per heavy atom. The van der Waals surface area contributed by atoms with Crippen molar-refractivity contribution in [1.82, 2.24) is 5.32 Å². The Morgan fingerprint density at radius 3 is 2.56 bits per heavy atom. The SMILES string of the molecule is CC1(NC2=NC3(CCOCC3)CS2)CCCCC1. The predicted molar refractivity (Wildman–Crippen MR) is 77.3 cm³/mol. The minimum Gasteiger partial charge on any atom is -0.381 e. The van der Waals surface area contributed by atoms with Crippen LogP contribution in [0.3, 0.4) is 0 Å². The molecule has 0 aromatic carbocycles. The third kappa shape index (κ3) is 2.69. The highest BCUT2D eigenvalue weighted by Gasteiger charge is 2.39. The van der Waals surface area contributed by atoms with Crippen molar-refractivity contribution >= 4 is 16.9 Å². The molecular weight excluding hydrogens is 244 g/mol. The van der Waals surface area contributed by atoms with Crippen molar-refractivity contribution in [2.45, 2.75) is 62.9 Å². The van der Waals surface area contributed by atoms with E-state index in [2.05, 4.69) is 12.2 Å². The normalized spacial score (nSPS) is 30.2. The molecule has 1 N–H and O–H groups in total. The number of amidine groups is 1. The average Bonchev–Trinajstić information content (AvgIpc) is 2.73. The van der Waals surface area contributed by atoms with Crippen molar-refractivity contribution in [1.29, 1.82) is 0 Å². The smallest absolute Gasteiger partial charge is 0.157 e. The summed E-state index contributed by atoms with van der Waals surface area (Å²) >= 11 is 1.92. The van der Waals surface area contributed by atoms with Crippen LogP contribution in [-0.4, -0.2) is 35.2 Å². The van der Waals surface area contributed by atoms with Gasteiger partial charge < -0.3 is 10.1 Å². The van der Waals surface area contributed by atoms with Crippen LogP contribution in [-0.2, 0) is 4.74 Å². The molecule has 3 nitrogen and oxygen atoms in total. The lowest BCUT2D eigenvalue weighted by molar-refractivity contribution is 0.0623.